The molecule has 1 fully saturated rings. The van der Waals surface area contributed by atoms with Crippen LogP contribution in [0, 0.1) is 5.92 Å². The van der Waals surface area contributed by atoms with Gasteiger partial charge in [-0.3, -0.25) is 0 Å². The zero-order valence-electron chi connectivity index (χ0n) is 9.42. The van der Waals surface area contributed by atoms with Gasteiger partial charge in [0.25, 0.3) is 0 Å². The maximum atomic E-state index is 10.8. The summed E-state index contributed by atoms with van der Waals surface area (Å²) < 4.78 is 5.79. The lowest BCUT2D eigenvalue weighted by Gasteiger charge is -2.23. The van der Waals surface area contributed by atoms with Crippen molar-refractivity contribution in [3.63, 3.8) is 0 Å². The standard InChI is InChI=1S/C12H22O2/c1-10(8-11(2)13)9-14-12-6-4-3-5-7-12/h10,12H,3-9H2,1-2H3/t10-/m1/s1. The van der Waals surface area contributed by atoms with Crippen LogP contribution in [0.25, 0.3) is 0 Å². The lowest BCUT2D eigenvalue weighted by molar-refractivity contribution is -0.118. The molecule has 0 amide bonds. The monoisotopic (exact) mass is 198 g/mol. The van der Waals surface area contributed by atoms with Crippen LogP contribution in [0.15, 0.2) is 0 Å². The van der Waals surface area contributed by atoms with Crippen molar-refractivity contribution in [2.45, 2.75) is 58.5 Å². The van der Waals surface area contributed by atoms with Crippen molar-refractivity contribution < 1.29 is 9.53 Å². The summed E-state index contributed by atoms with van der Waals surface area (Å²) in [6.07, 6.45) is 7.55. The third kappa shape index (κ3) is 4.75. The van der Waals surface area contributed by atoms with Gasteiger partial charge >= 0.3 is 0 Å². The van der Waals surface area contributed by atoms with Crippen LogP contribution in [-0.4, -0.2) is 18.5 Å². The average Bonchev–Trinajstić information content (AvgIpc) is 2.15. The molecule has 0 bridgehead atoms. The highest BCUT2D eigenvalue weighted by atomic mass is 16.5. The van der Waals surface area contributed by atoms with Gasteiger partial charge in [0.05, 0.1) is 6.10 Å². The zero-order chi connectivity index (χ0) is 10.4. The Morgan fingerprint density at radius 1 is 1.36 bits per heavy atom. The van der Waals surface area contributed by atoms with Crippen LogP contribution in [0.3, 0.4) is 0 Å². The Bertz CT molecular complexity index is 171. The summed E-state index contributed by atoms with van der Waals surface area (Å²) in [6, 6.07) is 0. The largest absolute Gasteiger partial charge is 0.378 e. The fraction of sp³-hybridized carbons (Fsp3) is 0.917. The first-order valence-electron chi connectivity index (χ1n) is 5.79. The molecule has 0 aliphatic heterocycles. The van der Waals surface area contributed by atoms with Gasteiger partial charge in [-0.05, 0) is 25.7 Å². The van der Waals surface area contributed by atoms with E-state index in [2.05, 4.69) is 6.92 Å². The van der Waals surface area contributed by atoms with Crippen molar-refractivity contribution in [2.24, 2.45) is 5.92 Å². The summed E-state index contributed by atoms with van der Waals surface area (Å²) >= 11 is 0. The normalized spacial score (nSPS) is 20.7. The molecule has 14 heavy (non-hydrogen) atoms. The summed E-state index contributed by atoms with van der Waals surface area (Å²) in [5.74, 6) is 0.652. The van der Waals surface area contributed by atoms with Crippen molar-refractivity contribution in [3.05, 3.63) is 0 Å². The predicted octanol–water partition coefficient (Wildman–Crippen LogP) is 2.95. The number of rotatable bonds is 5. The van der Waals surface area contributed by atoms with E-state index in [1.54, 1.807) is 6.92 Å². The van der Waals surface area contributed by atoms with Crippen molar-refractivity contribution >= 4 is 5.78 Å². The summed E-state index contributed by atoms with van der Waals surface area (Å²) in [5, 5.41) is 0. The molecule has 1 atom stereocenters. The molecule has 82 valence electrons. The molecule has 0 saturated heterocycles. The Labute approximate surface area is 87.0 Å². The first-order chi connectivity index (χ1) is 6.68. The van der Waals surface area contributed by atoms with E-state index in [9.17, 15) is 4.79 Å². The van der Waals surface area contributed by atoms with Crippen molar-refractivity contribution in [1.82, 2.24) is 0 Å². The lowest BCUT2D eigenvalue weighted by atomic mass is 9.97. The number of ketones is 1. The molecule has 1 saturated carbocycles. The van der Waals surface area contributed by atoms with Crippen LogP contribution in [0.1, 0.15) is 52.4 Å². The van der Waals surface area contributed by atoms with Crippen LogP contribution < -0.4 is 0 Å². The van der Waals surface area contributed by atoms with Gasteiger partial charge in [-0.15, -0.1) is 0 Å². The Balaban J connectivity index is 2.09. The minimum absolute atomic E-state index is 0.268. The number of carbonyl (C=O) groups is 1. The van der Waals surface area contributed by atoms with E-state index in [0.717, 1.165) is 6.61 Å². The number of hydrogen-bond donors (Lipinski definition) is 0. The van der Waals surface area contributed by atoms with Gasteiger partial charge in [-0.1, -0.05) is 26.2 Å². The van der Waals surface area contributed by atoms with Crippen molar-refractivity contribution in [3.8, 4) is 0 Å². The summed E-state index contributed by atoms with van der Waals surface area (Å²) in [4.78, 5) is 10.8. The predicted molar refractivity (Wildman–Crippen MR) is 57.3 cm³/mol. The fourth-order valence-corrected chi connectivity index (χ4v) is 2.08. The minimum Gasteiger partial charge on any atom is -0.378 e. The first kappa shape index (κ1) is 11.7. The quantitative estimate of drug-likeness (QED) is 0.679. The zero-order valence-corrected chi connectivity index (χ0v) is 9.42. The van der Waals surface area contributed by atoms with E-state index in [4.69, 9.17) is 4.74 Å². The minimum atomic E-state index is 0.268. The van der Waals surface area contributed by atoms with Crippen LogP contribution >= 0.6 is 0 Å². The molecule has 0 spiro atoms. The maximum Gasteiger partial charge on any atom is 0.130 e. The maximum absolute atomic E-state index is 10.8. The molecule has 0 N–H and O–H groups in total. The molecule has 0 radical (unpaired) electrons. The second-order valence-corrected chi connectivity index (χ2v) is 4.60. The molecular formula is C12H22O2. The molecule has 2 nitrogen and oxygen atoms in total. The van der Waals surface area contributed by atoms with Crippen LogP contribution in [0.2, 0.25) is 0 Å². The third-order valence-corrected chi connectivity index (χ3v) is 2.80. The Morgan fingerprint density at radius 3 is 2.57 bits per heavy atom. The molecule has 0 heterocycles. The molecule has 0 aromatic carbocycles. The molecule has 0 aromatic rings. The Kier molecular flexibility index (Phi) is 5.16. The Hall–Kier alpha value is -0.370. The summed E-state index contributed by atoms with van der Waals surface area (Å²) in [6.45, 7) is 4.49. The number of carbonyl (C=O) groups excluding carboxylic acids is 1. The van der Waals surface area contributed by atoms with Gasteiger partial charge in [-0.2, -0.15) is 0 Å². The highest BCUT2D eigenvalue weighted by molar-refractivity contribution is 5.75. The van der Waals surface area contributed by atoms with Gasteiger partial charge in [0.15, 0.2) is 0 Å². The molecule has 0 unspecified atom stereocenters. The number of hydrogen-bond acceptors (Lipinski definition) is 2. The van der Waals surface area contributed by atoms with Gasteiger partial charge in [0.1, 0.15) is 5.78 Å². The van der Waals surface area contributed by atoms with E-state index >= 15 is 0 Å². The molecule has 1 aliphatic carbocycles. The topological polar surface area (TPSA) is 26.3 Å². The van der Waals surface area contributed by atoms with Crippen LogP contribution in [0.5, 0.6) is 0 Å². The second kappa shape index (κ2) is 6.18. The fourth-order valence-electron chi connectivity index (χ4n) is 2.08. The molecule has 0 aromatic heterocycles. The number of ether oxygens (including phenoxy) is 1. The third-order valence-electron chi connectivity index (χ3n) is 2.80. The van der Waals surface area contributed by atoms with Crippen molar-refractivity contribution in [2.75, 3.05) is 6.61 Å². The molecule has 1 rings (SSSR count). The smallest absolute Gasteiger partial charge is 0.130 e. The summed E-state index contributed by atoms with van der Waals surface area (Å²) in [5.41, 5.74) is 0. The lowest BCUT2D eigenvalue weighted by Crippen LogP contribution is -2.20. The van der Waals surface area contributed by atoms with Gasteiger partial charge < -0.3 is 9.53 Å². The second-order valence-electron chi connectivity index (χ2n) is 4.60. The van der Waals surface area contributed by atoms with E-state index in [0.29, 0.717) is 18.4 Å². The first-order valence-corrected chi connectivity index (χ1v) is 5.79. The van der Waals surface area contributed by atoms with Gasteiger partial charge in [-0.25, -0.2) is 0 Å². The number of Topliss-reactive ketones (excluding diaryl/α,β-unsaturated/α-hetero) is 1. The van der Waals surface area contributed by atoms with E-state index in [1.165, 1.54) is 32.1 Å². The van der Waals surface area contributed by atoms with Gasteiger partial charge in [0.2, 0.25) is 0 Å². The van der Waals surface area contributed by atoms with Gasteiger partial charge in [0, 0.05) is 13.0 Å². The van der Waals surface area contributed by atoms with Crippen molar-refractivity contribution in [1.29, 1.82) is 0 Å². The van der Waals surface area contributed by atoms with E-state index in [1.807, 2.05) is 0 Å². The van der Waals surface area contributed by atoms with Crippen LogP contribution in [-0.2, 0) is 9.53 Å². The average molecular weight is 198 g/mol. The SMILES string of the molecule is CC(=O)C[C@@H](C)COC1CCCCC1. The molecule has 2 heteroatoms. The highest BCUT2D eigenvalue weighted by Crippen LogP contribution is 2.21. The Morgan fingerprint density at radius 2 is 2.00 bits per heavy atom. The molecular weight excluding hydrogens is 176 g/mol. The molecule has 1 aliphatic rings. The van der Waals surface area contributed by atoms with Crippen LogP contribution in [0.4, 0.5) is 0 Å². The van der Waals surface area contributed by atoms with E-state index < -0.39 is 0 Å². The summed E-state index contributed by atoms with van der Waals surface area (Å²) in [7, 11) is 0. The highest BCUT2D eigenvalue weighted by Gasteiger charge is 2.15. The van der Waals surface area contributed by atoms with E-state index in [-0.39, 0.29) is 5.78 Å².